The van der Waals surface area contributed by atoms with E-state index in [0.717, 1.165) is 37.8 Å². The molecule has 2 rings (SSSR count). The summed E-state index contributed by atoms with van der Waals surface area (Å²) >= 11 is 0. The van der Waals surface area contributed by atoms with Crippen LogP contribution in [0.15, 0.2) is 6.20 Å². The van der Waals surface area contributed by atoms with Crippen molar-refractivity contribution in [1.29, 1.82) is 0 Å². The Morgan fingerprint density at radius 2 is 2.14 bits per heavy atom. The molecule has 118 valence electrons. The summed E-state index contributed by atoms with van der Waals surface area (Å²) in [7, 11) is 0. The molecule has 0 aliphatic heterocycles. The lowest BCUT2D eigenvalue weighted by molar-refractivity contribution is 0.0522. The van der Waals surface area contributed by atoms with Gasteiger partial charge in [-0.1, -0.05) is 33.1 Å². The van der Waals surface area contributed by atoms with Crippen molar-refractivity contribution in [3.8, 4) is 0 Å². The third kappa shape index (κ3) is 3.46. The minimum absolute atomic E-state index is 0.0342. The molecule has 21 heavy (non-hydrogen) atoms. The predicted octanol–water partition coefficient (Wildman–Crippen LogP) is 3.05. The summed E-state index contributed by atoms with van der Waals surface area (Å²) in [4.78, 5) is 12.1. The topological polar surface area (TPSA) is 64.3 Å². The first-order valence-corrected chi connectivity index (χ1v) is 7.98. The zero-order valence-corrected chi connectivity index (χ0v) is 13.2. The van der Waals surface area contributed by atoms with Crippen molar-refractivity contribution in [2.45, 2.75) is 70.9 Å². The molecule has 1 heterocycles. The van der Waals surface area contributed by atoms with Gasteiger partial charge in [-0.25, -0.2) is 4.79 Å². The Bertz CT molecular complexity index is 482. The van der Waals surface area contributed by atoms with Gasteiger partial charge < -0.3 is 9.84 Å². The fourth-order valence-corrected chi connectivity index (χ4v) is 3.13. The summed E-state index contributed by atoms with van der Waals surface area (Å²) in [6, 6.07) is -0.0342. The molecule has 1 N–H and O–H groups in total. The molecule has 1 aliphatic carbocycles. The van der Waals surface area contributed by atoms with Crippen molar-refractivity contribution in [3.05, 3.63) is 17.5 Å². The monoisotopic (exact) mass is 294 g/mol. The Morgan fingerprint density at radius 3 is 2.81 bits per heavy atom. The quantitative estimate of drug-likeness (QED) is 0.684. The second-order valence-electron chi connectivity index (χ2n) is 6.04. The first kappa shape index (κ1) is 16.0. The Morgan fingerprint density at radius 1 is 1.43 bits per heavy atom. The number of aromatic nitrogens is 2. The van der Waals surface area contributed by atoms with Gasteiger partial charge in [0.1, 0.15) is 5.56 Å². The second kappa shape index (κ2) is 7.07. The maximum Gasteiger partial charge on any atom is 0.341 e. The molecule has 0 bridgehead atoms. The van der Waals surface area contributed by atoms with Gasteiger partial charge in [0.25, 0.3) is 0 Å². The fourth-order valence-electron chi connectivity index (χ4n) is 3.13. The average Bonchev–Trinajstić information content (AvgIpc) is 2.77. The van der Waals surface area contributed by atoms with E-state index in [-0.39, 0.29) is 24.0 Å². The van der Waals surface area contributed by atoms with E-state index >= 15 is 0 Å². The van der Waals surface area contributed by atoms with Gasteiger partial charge in [0, 0.05) is 0 Å². The molecular formula is C16H26N2O3. The third-order valence-electron chi connectivity index (χ3n) is 4.13. The van der Waals surface area contributed by atoms with E-state index < -0.39 is 0 Å². The fraction of sp³-hybridized carbons (Fsp3) is 0.750. The number of aliphatic hydroxyl groups excluding tert-OH is 1. The number of ether oxygens (including phenoxy) is 1. The van der Waals surface area contributed by atoms with Gasteiger partial charge in [0.2, 0.25) is 0 Å². The number of nitrogens with zero attached hydrogens (tertiary/aromatic N) is 2. The first-order chi connectivity index (χ1) is 10.1. The lowest BCUT2D eigenvalue weighted by Crippen LogP contribution is -2.26. The number of hydrogen-bond acceptors (Lipinski definition) is 4. The van der Waals surface area contributed by atoms with E-state index in [1.165, 1.54) is 0 Å². The second-order valence-corrected chi connectivity index (χ2v) is 6.04. The van der Waals surface area contributed by atoms with Crippen LogP contribution in [0.5, 0.6) is 0 Å². The van der Waals surface area contributed by atoms with E-state index in [0.29, 0.717) is 12.2 Å². The van der Waals surface area contributed by atoms with Gasteiger partial charge in [-0.05, 0) is 25.7 Å². The van der Waals surface area contributed by atoms with Crippen molar-refractivity contribution in [2.24, 2.45) is 0 Å². The zero-order valence-electron chi connectivity index (χ0n) is 13.2. The summed E-state index contributed by atoms with van der Waals surface area (Å²) in [5.41, 5.74) is 1.41. The maximum absolute atomic E-state index is 12.1. The van der Waals surface area contributed by atoms with Gasteiger partial charge in [-0.3, -0.25) is 4.68 Å². The molecule has 1 aromatic rings. The predicted molar refractivity (Wildman–Crippen MR) is 80.4 cm³/mol. The third-order valence-corrected chi connectivity index (χ3v) is 4.13. The standard InChI is InChI=1S/C16H26N2O3/c1-4-21-16(20)12-10-17-18(15(12)11(2)3)13-8-6-5-7-9-14(13)19/h10-11,13-14,19H,4-9H2,1-3H3. The zero-order chi connectivity index (χ0) is 15.4. The van der Waals surface area contributed by atoms with E-state index in [9.17, 15) is 9.90 Å². The highest BCUT2D eigenvalue weighted by Crippen LogP contribution is 2.31. The van der Waals surface area contributed by atoms with Crippen LogP contribution in [0, 0.1) is 0 Å². The summed E-state index contributed by atoms with van der Waals surface area (Å²) in [6.07, 6.45) is 6.21. The average molecular weight is 294 g/mol. The van der Waals surface area contributed by atoms with Crippen LogP contribution < -0.4 is 0 Å². The largest absolute Gasteiger partial charge is 0.462 e. The van der Waals surface area contributed by atoms with Crippen LogP contribution in [0.25, 0.3) is 0 Å². The molecule has 1 aromatic heterocycles. The summed E-state index contributed by atoms with van der Waals surface area (Å²) in [5, 5.41) is 14.8. The molecule has 0 radical (unpaired) electrons. The molecule has 2 unspecified atom stereocenters. The molecular weight excluding hydrogens is 268 g/mol. The molecule has 0 amide bonds. The van der Waals surface area contributed by atoms with E-state index in [2.05, 4.69) is 5.10 Å². The highest BCUT2D eigenvalue weighted by Gasteiger charge is 2.29. The van der Waals surface area contributed by atoms with Crippen LogP contribution in [0.3, 0.4) is 0 Å². The molecule has 1 fully saturated rings. The normalized spacial score (nSPS) is 23.1. The molecule has 0 spiro atoms. The van der Waals surface area contributed by atoms with Gasteiger partial charge in [-0.15, -0.1) is 0 Å². The van der Waals surface area contributed by atoms with Crippen molar-refractivity contribution in [2.75, 3.05) is 6.61 Å². The van der Waals surface area contributed by atoms with Gasteiger partial charge in [0.15, 0.2) is 0 Å². The van der Waals surface area contributed by atoms with E-state index in [1.807, 2.05) is 18.5 Å². The Labute approximate surface area is 126 Å². The van der Waals surface area contributed by atoms with E-state index in [1.54, 1.807) is 13.1 Å². The molecule has 1 aliphatic rings. The van der Waals surface area contributed by atoms with Crippen LogP contribution in [0.4, 0.5) is 0 Å². The number of rotatable bonds is 4. The molecule has 5 nitrogen and oxygen atoms in total. The number of carbonyl (C=O) groups excluding carboxylic acids is 1. The first-order valence-electron chi connectivity index (χ1n) is 7.98. The summed E-state index contributed by atoms with van der Waals surface area (Å²) < 4.78 is 6.98. The van der Waals surface area contributed by atoms with Crippen LogP contribution in [0.2, 0.25) is 0 Å². The Kier molecular flexibility index (Phi) is 5.39. The van der Waals surface area contributed by atoms with Gasteiger partial charge >= 0.3 is 5.97 Å². The van der Waals surface area contributed by atoms with Gasteiger partial charge in [-0.2, -0.15) is 5.10 Å². The van der Waals surface area contributed by atoms with Gasteiger partial charge in [0.05, 0.1) is 30.6 Å². The number of hydrogen-bond donors (Lipinski definition) is 1. The number of esters is 1. The summed E-state index contributed by atoms with van der Waals surface area (Å²) in [5.74, 6) is -0.169. The van der Waals surface area contributed by atoms with Crippen molar-refractivity contribution in [1.82, 2.24) is 9.78 Å². The molecule has 0 saturated heterocycles. The maximum atomic E-state index is 12.1. The number of aliphatic hydroxyl groups is 1. The van der Waals surface area contributed by atoms with Crippen molar-refractivity contribution in [3.63, 3.8) is 0 Å². The highest BCUT2D eigenvalue weighted by atomic mass is 16.5. The minimum Gasteiger partial charge on any atom is -0.462 e. The van der Waals surface area contributed by atoms with Crippen molar-refractivity contribution >= 4 is 5.97 Å². The number of carbonyl (C=O) groups is 1. The smallest absolute Gasteiger partial charge is 0.341 e. The van der Waals surface area contributed by atoms with Crippen LogP contribution in [0.1, 0.15) is 80.9 Å². The molecule has 1 saturated carbocycles. The highest BCUT2D eigenvalue weighted by molar-refractivity contribution is 5.90. The SMILES string of the molecule is CCOC(=O)c1cnn(C2CCCCCC2O)c1C(C)C. The molecule has 2 atom stereocenters. The van der Waals surface area contributed by atoms with Crippen LogP contribution >= 0.6 is 0 Å². The van der Waals surface area contributed by atoms with Crippen LogP contribution in [-0.2, 0) is 4.74 Å². The lowest BCUT2D eigenvalue weighted by Gasteiger charge is -2.24. The lowest BCUT2D eigenvalue weighted by atomic mass is 10.0. The minimum atomic E-state index is -0.389. The Hall–Kier alpha value is -1.36. The summed E-state index contributed by atoms with van der Waals surface area (Å²) in [6.45, 7) is 6.23. The molecule has 5 heteroatoms. The van der Waals surface area contributed by atoms with Crippen molar-refractivity contribution < 1.29 is 14.6 Å². The molecule has 0 aromatic carbocycles. The Balaban J connectivity index is 2.36. The van der Waals surface area contributed by atoms with Crippen LogP contribution in [-0.4, -0.2) is 33.6 Å². The van der Waals surface area contributed by atoms with E-state index in [4.69, 9.17) is 4.74 Å².